The number of carbonyl (C=O) groups is 1. The number of hydrogen-bond acceptors (Lipinski definition) is 8. The van der Waals surface area contributed by atoms with Crippen molar-refractivity contribution in [3.63, 3.8) is 0 Å². The van der Waals surface area contributed by atoms with Gasteiger partial charge in [-0.05, 0) is 36.7 Å². The number of fused-ring (bicyclic) bond motifs is 4. The molecule has 0 aliphatic carbocycles. The van der Waals surface area contributed by atoms with E-state index in [1.165, 1.54) is 15.8 Å². The largest absolute Gasteiger partial charge is 0.454 e. The van der Waals surface area contributed by atoms with Crippen LogP contribution in [0.4, 0.5) is 5.82 Å². The van der Waals surface area contributed by atoms with E-state index >= 15 is 0 Å². The minimum atomic E-state index is 0.0348. The molecule has 0 bridgehead atoms. The molecule has 3 aliphatic heterocycles. The highest BCUT2D eigenvalue weighted by Gasteiger charge is 2.29. The average Bonchev–Trinajstić information content (AvgIpc) is 3.50. The van der Waals surface area contributed by atoms with Crippen molar-refractivity contribution in [1.82, 2.24) is 19.8 Å². The Balaban J connectivity index is 1.25. The van der Waals surface area contributed by atoms with Crippen LogP contribution in [0.5, 0.6) is 11.5 Å². The molecule has 0 atom stereocenters. The number of carbonyl (C=O) groups excluding carboxylic acids is 1. The SMILES string of the molecule is CCc1nc(N2CCN(C(=O)c3ccc4c(c3)OCO4)CC2)c2c3c(sc2n1)CN(CC)CC3. The van der Waals surface area contributed by atoms with E-state index in [9.17, 15) is 4.79 Å². The minimum Gasteiger partial charge on any atom is -0.454 e. The second-order valence-electron chi connectivity index (χ2n) is 8.97. The van der Waals surface area contributed by atoms with Crippen molar-refractivity contribution in [3.8, 4) is 11.5 Å². The number of thiophene rings is 1. The van der Waals surface area contributed by atoms with E-state index < -0.39 is 0 Å². The number of benzene rings is 1. The van der Waals surface area contributed by atoms with Gasteiger partial charge in [0.05, 0.1) is 5.39 Å². The molecule has 1 saturated heterocycles. The normalized spacial score (nSPS) is 17.9. The Hall–Kier alpha value is -2.91. The first-order chi connectivity index (χ1) is 16.6. The maximum atomic E-state index is 13.1. The first-order valence-electron chi connectivity index (χ1n) is 12.1. The maximum absolute atomic E-state index is 13.1. The van der Waals surface area contributed by atoms with Crippen LogP contribution < -0.4 is 14.4 Å². The first kappa shape index (κ1) is 21.6. The number of amides is 1. The van der Waals surface area contributed by atoms with Crippen LogP contribution >= 0.6 is 11.3 Å². The number of rotatable bonds is 4. The molecule has 34 heavy (non-hydrogen) atoms. The molecule has 5 heterocycles. The Kier molecular flexibility index (Phi) is 5.53. The van der Waals surface area contributed by atoms with Crippen molar-refractivity contribution < 1.29 is 14.3 Å². The van der Waals surface area contributed by atoms with Gasteiger partial charge in [0.2, 0.25) is 6.79 Å². The van der Waals surface area contributed by atoms with Gasteiger partial charge >= 0.3 is 0 Å². The number of likely N-dealkylation sites (N-methyl/N-ethyl adjacent to an activating group) is 1. The third-order valence-electron chi connectivity index (χ3n) is 7.06. The van der Waals surface area contributed by atoms with Gasteiger partial charge in [0.15, 0.2) is 11.5 Å². The highest BCUT2D eigenvalue weighted by atomic mass is 32.1. The molecule has 9 heteroatoms. The zero-order valence-corrected chi connectivity index (χ0v) is 20.5. The molecule has 0 unspecified atom stereocenters. The Morgan fingerprint density at radius 1 is 1.06 bits per heavy atom. The van der Waals surface area contributed by atoms with Crippen LogP contribution in [0.1, 0.15) is 40.5 Å². The van der Waals surface area contributed by atoms with E-state index in [1.54, 1.807) is 6.07 Å². The smallest absolute Gasteiger partial charge is 0.254 e. The summed E-state index contributed by atoms with van der Waals surface area (Å²) < 4.78 is 10.8. The van der Waals surface area contributed by atoms with Gasteiger partial charge in [0.25, 0.3) is 5.91 Å². The third-order valence-corrected chi connectivity index (χ3v) is 8.17. The summed E-state index contributed by atoms with van der Waals surface area (Å²) in [5.74, 6) is 3.32. The molecule has 6 rings (SSSR count). The number of anilines is 1. The van der Waals surface area contributed by atoms with Gasteiger partial charge in [0, 0.05) is 56.1 Å². The summed E-state index contributed by atoms with van der Waals surface area (Å²) in [4.78, 5) is 32.4. The molecule has 1 fully saturated rings. The number of aryl methyl sites for hydroxylation is 1. The molecule has 0 spiro atoms. The number of nitrogens with zero attached hydrogens (tertiary/aromatic N) is 5. The molecule has 1 amide bonds. The number of piperazine rings is 1. The molecule has 1 aromatic carbocycles. The summed E-state index contributed by atoms with van der Waals surface area (Å²) in [6.07, 6.45) is 1.86. The standard InChI is InChI=1S/C25H29N5O3S/c1-3-21-26-23(22-17-7-8-28(4-2)14-20(17)34-24(22)27-21)29-9-11-30(12-10-29)25(31)16-5-6-18-19(13-16)33-15-32-18/h5-6,13H,3-4,7-12,14-15H2,1-2H3. The van der Waals surface area contributed by atoms with Crippen LogP contribution in [0.25, 0.3) is 10.2 Å². The molecule has 2 aromatic heterocycles. The van der Waals surface area contributed by atoms with Crippen molar-refractivity contribution in [3.05, 3.63) is 40.0 Å². The van der Waals surface area contributed by atoms with Gasteiger partial charge in [0.1, 0.15) is 16.5 Å². The molecule has 178 valence electrons. The van der Waals surface area contributed by atoms with E-state index in [4.69, 9.17) is 19.4 Å². The van der Waals surface area contributed by atoms with E-state index in [1.807, 2.05) is 28.4 Å². The van der Waals surface area contributed by atoms with E-state index in [2.05, 4.69) is 23.6 Å². The van der Waals surface area contributed by atoms with Crippen molar-refractivity contribution in [2.45, 2.75) is 33.2 Å². The predicted octanol–water partition coefficient (Wildman–Crippen LogP) is 3.32. The lowest BCUT2D eigenvalue weighted by molar-refractivity contribution is 0.0746. The molecule has 3 aliphatic rings. The monoisotopic (exact) mass is 479 g/mol. The average molecular weight is 480 g/mol. The van der Waals surface area contributed by atoms with E-state index in [0.29, 0.717) is 30.2 Å². The highest BCUT2D eigenvalue weighted by molar-refractivity contribution is 7.19. The summed E-state index contributed by atoms with van der Waals surface area (Å²) >= 11 is 1.83. The van der Waals surface area contributed by atoms with Gasteiger partial charge in [-0.25, -0.2) is 9.97 Å². The Morgan fingerprint density at radius 3 is 2.68 bits per heavy atom. The fourth-order valence-corrected chi connectivity index (χ4v) is 6.34. The van der Waals surface area contributed by atoms with Gasteiger partial charge in [-0.3, -0.25) is 9.69 Å². The quantitative estimate of drug-likeness (QED) is 0.569. The first-order valence-corrected chi connectivity index (χ1v) is 12.9. The van der Waals surface area contributed by atoms with Gasteiger partial charge in [-0.1, -0.05) is 13.8 Å². The van der Waals surface area contributed by atoms with Gasteiger partial charge in [-0.15, -0.1) is 11.3 Å². The molecular weight excluding hydrogens is 450 g/mol. The number of hydrogen-bond donors (Lipinski definition) is 0. The summed E-state index contributed by atoms with van der Waals surface area (Å²) in [5, 5.41) is 1.24. The Bertz CT molecular complexity index is 1250. The maximum Gasteiger partial charge on any atom is 0.254 e. The Morgan fingerprint density at radius 2 is 1.88 bits per heavy atom. The number of aromatic nitrogens is 2. The third kappa shape index (κ3) is 3.67. The second kappa shape index (κ2) is 8.70. The van der Waals surface area contributed by atoms with Crippen LogP contribution in [0, 0.1) is 0 Å². The van der Waals surface area contributed by atoms with Crippen LogP contribution in [-0.2, 0) is 19.4 Å². The summed E-state index contributed by atoms with van der Waals surface area (Å²) in [7, 11) is 0. The zero-order valence-electron chi connectivity index (χ0n) is 19.7. The van der Waals surface area contributed by atoms with Crippen molar-refractivity contribution in [1.29, 1.82) is 0 Å². The molecule has 0 radical (unpaired) electrons. The minimum absolute atomic E-state index is 0.0348. The zero-order chi connectivity index (χ0) is 23.2. The van der Waals surface area contributed by atoms with Crippen molar-refractivity contribution in [2.24, 2.45) is 0 Å². The molecular formula is C25H29N5O3S. The topological polar surface area (TPSA) is 71.0 Å². The lowest BCUT2D eigenvalue weighted by Gasteiger charge is -2.36. The fourth-order valence-electron chi connectivity index (χ4n) is 5.06. The lowest BCUT2D eigenvalue weighted by Crippen LogP contribution is -2.49. The van der Waals surface area contributed by atoms with Crippen LogP contribution in [0.3, 0.4) is 0 Å². The second-order valence-corrected chi connectivity index (χ2v) is 10.1. The molecule has 8 nitrogen and oxygen atoms in total. The van der Waals surface area contributed by atoms with Gasteiger partial charge in [-0.2, -0.15) is 0 Å². The summed E-state index contributed by atoms with van der Waals surface area (Å²) in [6.45, 7) is 10.6. The predicted molar refractivity (Wildman–Crippen MR) is 132 cm³/mol. The van der Waals surface area contributed by atoms with E-state index in [0.717, 1.165) is 62.0 Å². The van der Waals surface area contributed by atoms with E-state index in [-0.39, 0.29) is 12.7 Å². The molecule has 0 saturated carbocycles. The van der Waals surface area contributed by atoms with Crippen LogP contribution in [0.2, 0.25) is 0 Å². The summed E-state index contributed by atoms with van der Waals surface area (Å²) in [5.41, 5.74) is 2.07. The lowest BCUT2D eigenvalue weighted by atomic mass is 10.0. The van der Waals surface area contributed by atoms with Crippen molar-refractivity contribution in [2.75, 3.05) is 51.0 Å². The number of ether oxygens (including phenoxy) is 2. The van der Waals surface area contributed by atoms with Crippen molar-refractivity contribution >= 4 is 33.3 Å². The Labute approximate surface area is 203 Å². The van der Waals surface area contributed by atoms with Gasteiger partial charge < -0.3 is 19.3 Å². The summed E-state index contributed by atoms with van der Waals surface area (Å²) in [6, 6.07) is 5.42. The molecule has 0 N–H and O–H groups in total. The molecule has 3 aromatic rings. The van der Waals surface area contributed by atoms with Crippen LogP contribution in [0.15, 0.2) is 18.2 Å². The fraction of sp³-hybridized carbons (Fsp3) is 0.480. The highest BCUT2D eigenvalue weighted by Crippen LogP contribution is 2.39. The van der Waals surface area contributed by atoms with Crippen LogP contribution in [-0.4, -0.2) is 71.7 Å².